The van der Waals surface area contributed by atoms with Crippen LogP contribution in [0.3, 0.4) is 0 Å². The number of hydrogen-bond donors (Lipinski definition) is 0. The van der Waals surface area contributed by atoms with Crippen molar-refractivity contribution >= 4 is 5.97 Å². The van der Waals surface area contributed by atoms with Gasteiger partial charge >= 0.3 is 5.97 Å². The normalized spacial score (nSPS) is 9.83. The van der Waals surface area contributed by atoms with Crippen LogP contribution in [0.1, 0.15) is 17.8 Å². The van der Waals surface area contributed by atoms with Gasteiger partial charge in [0.15, 0.2) is 0 Å². The topological polar surface area (TPSA) is 65.2 Å². The van der Waals surface area contributed by atoms with Crippen molar-refractivity contribution in [3.63, 3.8) is 0 Å². The molecule has 1 heterocycles. The zero-order chi connectivity index (χ0) is 8.97. The molecule has 5 heteroatoms. The van der Waals surface area contributed by atoms with Crippen LogP contribution >= 0.6 is 0 Å². The standard InChI is InChI=1S/C7H10N2O3/c1-5-6(9-12-8-5)3-4-7(10)11-2/h3-4H2,1-2H3. The molecule has 1 rings (SSSR count). The summed E-state index contributed by atoms with van der Waals surface area (Å²) in [5.41, 5.74) is 1.43. The van der Waals surface area contributed by atoms with Crippen LogP contribution in [0.25, 0.3) is 0 Å². The molecule has 0 N–H and O–H groups in total. The maximum absolute atomic E-state index is 10.7. The Balaban J connectivity index is 2.43. The first-order valence-electron chi connectivity index (χ1n) is 3.59. The van der Waals surface area contributed by atoms with Gasteiger partial charge in [-0.2, -0.15) is 0 Å². The van der Waals surface area contributed by atoms with E-state index in [0.717, 1.165) is 5.69 Å². The molecule has 0 spiro atoms. The Bertz CT molecular complexity index is 269. The van der Waals surface area contributed by atoms with Crippen molar-refractivity contribution in [2.24, 2.45) is 0 Å². The molecule has 5 nitrogen and oxygen atoms in total. The van der Waals surface area contributed by atoms with Crippen molar-refractivity contribution in [2.75, 3.05) is 7.11 Å². The average Bonchev–Trinajstić information content (AvgIpc) is 2.47. The van der Waals surface area contributed by atoms with E-state index >= 15 is 0 Å². The number of rotatable bonds is 3. The van der Waals surface area contributed by atoms with E-state index in [1.165, 1.54) is 7.11 Å². The van der Waals surface area contributed by atoms with Gasteiger partial charge < -0.3 is 4.74 Å². The molecule has 66 valence electrons. The molecular formula is C7H10N2O3. The molecule has 0 saturated carbocycles. The second-order valence-corrected chi connectivity index (χ2v) is 2.37. The van der Waals surface area contributed by atoms with Gasteiger partial charge in [-0.1, -0.05) is 10.3 Å². The first-order chi connectivity index (χ1) is 5.74. The number of ether oxygens (including phenoxy) is 1. The van der Waals surface area contributed by atoms with Crippen molar-refractivity contribution in [2.45, 2.75) is 19.8 Å². The number of carbonyl (C=O) groups is 1. The molecule has 1 aromatic heterocycles. The largest absolute Gasteiger partial charge is 0.469 e. The molecule has 0 bridgehead atoms. The highest BCUT2D eigenvalue weighted by Crippen LogP contribution is 2.03. The Morgan fingerprint density at radius 3 is 2.83 bits per heavy atom. The molecule has 0 amide bonds. The number of esters is 1. The SMILES string of the molecule is COC(=O)CCc1nonc1C. The Hall–Kier alpha value is -1.39. The van der Waals surface area contributed by atoms with E-state index in [4.69, 9.17) is 0 Å². The van der Waals surface area contributed by atoms with Crippen molar-refractivity contribution in [1.29, 1.82) is 0 Å². The fourth-order valence-electron chi connectivity index (χ4n) is 0.799. The van der Waals surface area contributed by atoms with E-state index in [0.29, 0.717) is 18.5 Å². The quantitative estimate of drug-likeness (QED) is 0.617. The molecule has 0 aliphatic rings. The van der Waals surface area contributed by atoms with Crippen LogP contribution in [0.4, 0.5) is 0 Å². The summed E-state index contributed by atoms with van der Waals surface area (Å²) < 4.78 is 8.93. The second-order valence-electron chi connectivity index (χ2n) is 2.37. The van der Waals surface area contributed by atoms with Crippen LogP contribution in [0.15, 0.2) is 4.63 Å². The van der Waals surface area contributed by atoms with Gasteiger partial charge in [-0.3, -0.25) is 4.79 Å². The van der Waals surface area contributed by atoms with Crippen molar-refractivity contribution < 1.29 is 14.2 Å². The fraction of sp³-hybridized carbons (Fsp3) is 0.571. The lowest BCUT2D eigenvalue weighted by Gasteiger charge is -1.95. The lowest BCUT2D eigenvalue weighted by Crippen LogP contribution is -2.02. The summed E-state index contributed by atoms with van der Waals surface area (Å²) in [7, 11) is 1.36. The molecule has 0 aliphatic carbocycles. The third kappa shape index (κ3) is 2.05. The Kier molecular flexibility index (Phi) is 2.79. The van der Waals surface area contributed by atoms with Crippen molar-refractivity contribution in [1.82, 2.24) is 10.3 Å². The van der Waals surface area contributed by atoms with Gasteiger partial charge in [-0.15, -0.1) is 0 Å². The molecule has 0 saturated heterocycles. The van der Waals surface area contributed by atoms with Crippen LogP contribution in [0, 0.1) is 6.92 Å². The lowest BCUT2D eigenvalue weighted by atomic mass is 10.2. The third-order valence-electron chi connectivity index (χ3n) is 1.54. The minimum absolute atomic E-state index is 0.252. The monoisotopic (exact) mass is 170 g/mol. The van der Waals surface area contributed by atoms with Gasteiger partial charge in [0, 0.05) is 6.42 Å². The molecule has 0 radical (unpaired) electrons. The predicted molar refractivity (Wildman–Crippen MR) is 39.4 cm³/mol. The summed E-state index contributed by atoms with van der Waals surface area (Å²) >= 11 is 0. The minimum Gasteiger partial charge on any atom is -0.469 e. The van der Waals surface area contributed by atoms with E-state index in [9.17, 15) is 4.79 Å². The summed E-state index contributed by atoms with van der Waals surface area (Å²) in [6.07, 6.45) is 0.827. The third-order valence-corrected chi connectivity index (χ3v) is 1.54. The zero-order valence-corrected chi connectivity index (χ0v) is 7.03. The second kappa shape index (κ2) is 3.85. The summed E-state index contributed by atoms with van der Waals surface area (Å²) in [4.78, 5) is 10.7. The number of methoxy groups -OCH3 is 1. The molecule has 1 aromatic rings. The highest BCUT2D eigenvalue weighted by atomic mass is 16.6. The van der Waals surface area contributed by atoms with E-state index in [-0.39, 0.29) is 5.97 Å². The van der Waals surface area contributed by atoms with Crippen LogP contribution in [0.5, 0.6) is 0 Å². The molecule has 0 unspecified atom stereocenters. The van der Waals surface area contributed by atoms with Gasteiger partial charge in [0.25, 0.3) is 0 Å². The molecule has 0 fully saturated rings. The summed E-state index contributed by atoms with van der Waals surface area (Å²) in [5, 5.41) is 7.21. The van der Waals surface area contributed by atoms with Crippen molar-refractivity contribution in [3.8, 4) is 0 Å². The number of aryl methyl sites for hydroxylation is 2. The molecule has 0 atom stereocenters. The minimum atomic E-state index is -0.252. The van der Waals surface area contributed by atoms with Crippen LogP contribution in [0.2, 0.25) is 0 Å². The summed E-state index contributed by atoms with van der Waals surface area (Å²) in [5.74, 6) is -0.252. The van der Waals surface area contributed by atoms with Gasteiger partial charge in [0.2, 0.25) is 0 Å². The average molecular weight is 170 g/mol. The summed E-state index contributed by atoms with van der Waals surface area (Å²) in [6, 6.07) is 0. The maximum atomic E-state index is 10.7. The lowest BCUT2D eigenvalue weighted by molar-refractivity contribution is -0.140. The Labute approximate surface area is 69.7 Å². The first kappa shape index (κ1) is 8.70. The van der Waals surface area contributed by atoms with E-state index in [1.807, 2.05) is 0 Å². The number of carbonyl (C=O) groups excluding carboxylic acids is 1. The Morgan fingerprint density at radius 2 is 2.33 bits per heavy atom. The molecule has 0 aliphatic heterocycles. The highest BCUT2D eigenvalue weighted by Gasteiger charge is 2.07. The number of aromatic nitrogens is 2. The smallest absolute Gasteiger partial charge is 0.305 e. The van der Waals surface area contributed by atoms with Crippen LogP contribution < -0.4 is 0 Å². The van der Waals surface area contributed by atoms with Gasteiger partial charge in [-0.05, 0) is 6.92 Å². The van der Waals surface area contributed by atoms with Gasteiger partial charge in [0.1, 0.15) is 11.4 Å². The van der Waals surface area contributed by atoms with E-state index in [2.05, 4.69) is 19.7 Å². The first-order valence-corrected chi connectivity index (χ1v) is 3.59. The van der Waals surface area contributed by atoms with Gasteiger partial charge in [-0.25, -0.2) is 4.63 Å². The van der Waals surface area contributed by atoms with E-state index in [1.54, 1.807) is 6.92 Å². The molecule has 0 aromatic carbocycles. The Morgan fingerprint density at radius 1 is 1.58 bits per heavy atom. The zero-order valence-electron chi connectivity index (χ0n) is 7.03. The van der Waals surface area contributed by atoms with Gasteiger partial charge in [0.05, 0.1) is 13.5 Å². The van der Waals surface area contributed by atoms with Crippen LogP contribution in [-0.4, -0.2) is 23.4 Å². The van der Waals surface area contributed by atoms with E-state index < -0.39 is 0 Å². The highest BCUT2D eigenvalue weighted by molar-refractivity contribution is 5.69. The summed E-state index contributed by atoms with van der Waals surface area (Å²) in [6.45, 7) is 1.78. The molecule has 12 heavy (non-hydrogen) atoms. The predicted octanol–water partition coefficient (Wildman–Crippen LogP) is 0.484. The van der Waals surface area contributed by atoms with Crippen LogP contribution in [-0.2, 0) is 16.0 Å². The number of nitrogens with zero attached hydrogens (tertiary/aromatic N) is 2. The maximum Gasteiger partial charge on any atom is 0.305 e. The fourth-order valence-corrected chi connectivity index (χ4v) is 0.799. The number of hydrogen-bond acceptors (Lipinski definition) is 5. The molecular weight excluding hydrogens is 160 g/mol. The van der Waals surface area contributed by atoms with Crippen molar-refractivity contribution in [3.05, 3.63) is 11.4 Å².